The topological polar surface area (TPSA) is 111 Å². The molecule has 4 aliphatic rings. The Balaban J connectivity index is 0.845. The van der Waals surface area contributed by atoms with E-state index in [4.69, 9.17) is 20.8 Å². The lowest BCUT2D eigenvalue weighted by atomic mass is 9.81. The van der Waals surface area contributed by atoms with Gasteiger partial charge < -0.3 is 19.4 Å². The van der Waals surface area contributed by atoms with E-state index in [0.29, 0.717) is 66.5 Å². The number of nitro groups is 1. The minimum absolute atomic E-state index is 0.0187. The number of ether oxygens (including phenoxy) is 1. The number of benzene rings is 2. The number of hydrogen-bond donors (Lipinski definition) is 1. The van der Waals surface area contributed by atoms with Crippen LogP contribution in [0.4, 0.5) is 23.2 Å². The highest BCUT2D eigenvalue weighted by Crippen LogP contribution is 2.72. The molecule has 3 heterocycles. The fraction of sp³-hybridized carbons (Fsp3) is 0.531. The summed E-state index contributed by atoms with van der Waals surface area (Å²) in [6, 6.07) is 7.56. The summed E-state index contributed by atoms with van der Waals surface area (Å²) in [5.41, 5.74) is -1.17. The predicted molar refractivity (Wildman–Crippen MR) is 160 cm³/mol. The van der Waals surface area contributed by atoms with Gasteiger partial charge in [-0.1, -0.05) is 17.7 Å². The Hall–Kier alpha value is -3.26. The van der Waals surface area contributed by atoms with Gasteiger partial charge in [0.05, 0.1) is 22.6 Å². The number of alkyl halides is 3. The van der Waals surface area contributed by atoms with Crippen LogP contribution >= 0.6 is 11.6 Å². The lowest BCUT2D eigenvalue weighted by Gasteiger charge is -2.35. The molecule has 1 N–H and O–H groups in total. The van der Waals surface area contributed by atoms with Crippen molar-refractivity contribution in [3.05, 3.63) is 74.2 Å². The molecule has 2 atom stereocenters. The molecular weight excluding hydrogens is 632 g/mol. The molecule has 2 saturated heterocycles. The quantitative estimate of drug-likeness (QED) is 0.134. The molecular formula is C32H33ClF4N4O5. The van der Waals surface area contributed by atoms with Crippen LogP contribution < -0.4 is 5.32 Å². The van der Waals surface area contributed by atoms with Gasteiger partial charge in [0, 0.05) is 49.2 Å². The zero-order valence-electron chi connectivity index (χ0n) is 24.9. The average molecular weight is 665 g/mol. The SMILES string of the molecule is O=C(COC1CCC2(CC1)C[C@@]21NC1Cc1ccc([N+](=O)[O-])c(C(F)(F)F)c1)N1CCN(Cc2oc3ccc(F)cc3c2Cl)CC1. The van der Waals surface area contributed by atoms with Crippen molar-refractivity contribution < 1.29 is 36.4 Å². The van der Waals surface area contributed by atoms with Crippen LogP contribution in [-0.4, -0.2) is 71.1 Å². The van der Waals surface area contributed by atoms with E-state index >= 15 is 0 Å². The largest absolute Gasteiger partial charge is 0.458 e. The van der Waals surface area contributed by atoms with Crippen LogP contribution in [0.2, 0.25) is 5.02 Å². The maximum atomic E-state index is 13.6. The van der Waals surface area contributed by atoms with Gasteiger partial charge in [0.25, 0.3) is 5.69 Å². The van der Waals surface area contributed by atoms with Gasteiger partial charge in [-0.05, 0) is 73.8 Å². The number of carbonyl (C=O) groups excluding carboxylic acids is 1. The van der Waals surface area contributed by atoms with E-state index in [1.165, 1.54) is 18.2 Å². The number of carbonyl (C=O) groups is 1. The van der Waals surface area contributed by atoms with Crippen molar-refractivity contribution in [2.45, 2.75) is 68.9 Å². The number of amides is 1. The molecule has 9 nitrogen and oxygen atoms in total. The Morgan fingerprint density at radius 1 is 1.13 bits per heavy atom. The zero-order valence-corrected chi connectivity index (χ0v) is 25.6. The summed E-state index contributed by atoms with van der Waals surface area (Å²) in [6.45, 7) is 2.89. The number of furan rings is 1. The molecule has 46 heavy (non-hydrogen) atoms. The maximum absolute atomic E-state index is 13.6. The van der Waals surface area contributed by atoms with Gasteiger partial charge in [0.15, 0.2) is 0 Å². The van der Waals surface area contributed by atoms with Crippen LogP contribution in [0.25, 0.3) is 11.0 Å². The minimum Gasteiger partial charge on any atom is -0.458 e. The first-order chi connectivity index (χ1) is 21.9. The Morgan fingerprint density at radius 3 is 2.57 bits per heavy atom. The van der Waals surface area contributed by atoms with Crippen molar-refractivity contribution in [2.24, 2.45) is 5.41 Å². The van der Waals surface area contributed by atoms with E-state index in [9.17, 15) is 32.5 Å². The summed E-state index contributed by atoms with van der Waals surface area (Å²) in [5, 5.41) is 15.5. The van der Waals surface area contributed by atoms with Crippen molar-refractivity contribution in [3.8, 4) is 0 Å². The first-order valence-corrected chi connectivity index (χ1v) is 15.9. The fourth-order valence-electron chi connectivity index (χ4n) is 7.78. The van der Waals surface area contributed by atoms with Crippen molar-refractivity contribution in [1.29, 1.82) is 0 Å². The number of nitrogens with zero attached hydrogens (tertiary/aromatic N) is 3. The fourth-order valence-corrected chi connectivity index (χ4v) is 8.02. The zero-order chi connectivity index (χ0) is 32.4. The second kappa shape index (κ2) is 11.5. The van der Waals surface area contributed by atoms with Gasteiger partial charge >= 0.3 is 6.18 Å². The van der Waals surface area contributed by atoms with Gasteiger partial charge in [-0.25, -0.2) is 4.39 Å². The number of nitrogens with one attached hydrogen (secondary N) is 1. The monoisotopic (exact) mass is 664 g/mol. The third kappa shape index (κ3) is 5.75. The molecule has 1 amide bonds. The van der Waals surface area contributed by atoms with Gasteiger partial charge in [0.2, 0.25) is 5.91 Å². The van der Waals surface area contributed by atoms with E-state index in [0.717, 1.165) is 44.2 Å². The Kier molecular flexibility index (Phi) is 7.81. The second-order valence-electron chi connectivity index (χ2n) is 13.1. The van der Waals surface area contributed by atoms with Crippen LogP contribution in [0.5, 0.6) is 0 Å². The summed E-state index contributed by atoms with van der Waals surface area (Å²) in [6.07, 6.45) is -0.0139. The van der Waals surface area contributed by atoms with Crippen LogP contribution in [0, 0.1) is 21.3 Å². The summed E-state index contributed by atoms with van der Waals surface area (Å²) in [5.74, 6) is 0.150. The molecule has 2 aromatic carbocycles. The molecule has 1 aromatic heterocycles. The Labute approximate surface area is 266 Å². The van der Waals surface area contributed by atoms with Gasteiger partial charge in [-0.15, -0.1) is 0 Å². The number of rotatable bonds is 8. The highest BCUT2D eigenvalue weighted by molar-refractivity contribution is 6.36. The molecule has 0 bridgehead atoms. The van der Waals surface area contributed by atoms with Gasteiger partial charge in [-0.3, -0.25) is 19.8 Å². The molecule has 2 spiro atoms. The summed E-state index contributed by atoms with van der Waals surface area (Å²) >= 11 is 6.43. The van der Waals surface area contributed by atoms with Gasteiger partial charge in [0.1, 0.15) is 29.3 Å². The Morgan fingerprint density at radius 2 is 1.87 bits per heavy atom. The summed E-state index contributed by atoms with van der Waals surface area (Å²) in [4.78, 5) is 26.9. The number of halogens is 5. The molecule has 3 aromatic rings. The molecule has 14 heteroatoms. The van der Waals surface area contributed by atoms with Crippen molar-refractivity contribution in [1.82, 2.24) is 15.1 Å². The van der Waals surface area contributed by atoms with Crippen LogP contribution in [0.1, 0.15) is 49.0 Å². The minimum atomic E-state index is -4.79. The highest BCUT2D eigenvalue weighted by Gasteiger charge is 2.78. The van der Waals surface area contributed by atoms with Crippen LogP contribution in [0.15, 0.2) is 40.8 Å². The standard InChI is InChI=1S/C32H33ClF4N4O5/c33-29-22-15-20(34)2-4-25(22)46-26(29)16-39-9-11-40(12-10-39)28(42)17-45-21-5-7-30(8-6-21)18-31(30)27(38-31)14-19-1-3-24(41(43)44)23(13-19)32(35,36)37/h1-4,13,15,21,27,38H,5-12,14,16-18H2/t21?,27?,30?,31-/m0/s1. The molecule has 2 aliphatic heterocycles. The number of nitro benzene ring substituents is 1. The first kappa shape index (κ1) is 31.3. The molecule has 0 radical (unpaired) electrons. The van der Waals surface area contributed by atoms with Crippen LogP contribution in [0.3, 0.4) is 0 Å². The number of piperazine rings is 1. The van der Waals surface area contributed by atoms with E-state index < -0.39 is 22.4 Å². The molecule has 7 rings (SSSR count). The van der Waals surface area contributed by atoms with Gasteiger partial charge in [-0.2, -0.15) is 13.2 Å². The molecule has 246 valence electrons. The van der Waals surface area contributed by atoms with E-state index in [1.54, 1.807) is 11.0 Å². The van der Waals surface area contributed by atoms with Crippen LogP contribution in [-0.2, 0) is 28.7 Å². The lowest BCUT2D eigenvalue weighted by Crippen LogP contribution is -2.49. The Bertz CT molecular complexity index is 1680. The van der Waals surface area contributed by atoms with E-state index in [2.05, 4.69) is 10.2 Å². The molecule has 2 aliphatic carbocycles. The van der Waals surface area contributed by atoms with E-state index in [1.807, 2.05) is 0 Å². The number of fused-ring (bicyclic) bond motifs is 2. The first-order valence-electron chi connectivity index (χ1n) is 15.5. The third-order valence-corrected chi connectivity index (χ3v) is 10.9. The second-order valence-corrected chi connectivity index (χ2v) is 13.5. The maximum Gasteiger partial charge on any atom is 0.423 e. The normalized spacial score (nSPS) is 27.9. The highest BCUT2D eigenvalue weighted by atomic mass is 35.5. The average Bonchev–Trinajstić information content (AvgIpc) is 3.85. The summed E-state index contributed by atoms with van der Waals surface area (Å²) < 4.78 is 65.7. The smallest absolute Gasteiger partial charge is 0.423 e. The lowest BCUT2D eigenvalue weighted by molar-refractivity contribution is -0.388. The predicted octanol–water partition coefficient (Wildman–Crippen LogP) is 6.10. The molecule has 2 saturated carbocycles. The summed E-state index contributed by atoms with van der Waals surface area (Å²) in [7, 11) is 0. The van der Waals surface area contributed by atoms with Crippen molar-refractivity contribution >= 4 is 34.2 Å². The van der Waals surface area contributed by atoms with Crippen molar-refractivity contribution in [2.75, 3.05) is 32.8 Å². The molecule has 4 fully saturated rings. The number of hydrogen-bond acceptors (Lipinski definition) is 7. The third-order valence-electron chi connectivity index (χ3n) is 10.5. The van der Waals surface area contributed by atoms with E-state index in [-0.39, 0.29) is 41.4 Å². The van der Waals surface area contributed by atoms with Crippen molar-refractivity contribution in [3.63, 3.8) is 0 Å². The molecule has 1 unspecified atom stereocenters.